The Balaban J connectivity index is 2.13. The van der Waals surface area contributed by atoms with Crippen molar-refractivity contribution in [1.82, 2.24) is 9.66 Å². The average molecular weight is 222 g/mol. The van der Waals surface area contributed by atoms with Gasteiger partial charge in [0.15, 0.2) is 0 Å². The molecule has 2 aromatic rings. The number of nitrogens with zero attached hydrogens (tertiary/aromatic N) is 4. The van der Waals surface area contributed by atoms with E-state index < -0.39 is 0 Å². The molecule has 0 amide bonds. The Kier molecular flexibility index (Phi) is 2.16. The van der Waals surface area contributed by atoms with E-state index in [1.807, 2.05) is 40.2 Å². The summed E-state index contributed by atoms with van der Waals surface area (Å²) in [6.45, 7) is 0.804. The van der Waals surface area contributed by atoms with Crippen LogP contribution < -0.4 is 5.01 Å². The van der Waals surface area contributed by atoms with Crippen molar-refractivity contribution < 1.29 is 0 Å². The third-order valence-corrected chi connectivity index (χ3v) is 2.73. The Morgan fingerprint density at radius 1 is 1.29 bits per heavy atom. The molecular weight excluding hydrogens is 212 g/mol. The Morgan fingerprint density at radius 3 is 3.00 bits per heavy atom. The third kappa shape index (κ3) is 1.58. The van der Waals surface area contributed by atoms with Gasteiger partial charge in [0, 0.05) is 6.20 Å². The number of nitriles is 1. The summed E-state index contributed by atoms with van der Waals surface area (Å²) in [4.78, 5) is 4.32. The van der Waals surface area contributed by atoms with Gasteiger partial charge >= 0.3 is 0 Å². The van der Waals surface area contributed by atoms with E-state index >= 15 is 0 Å². The molecule has 82 valence electrons. The van der Waals surface area contributed by atoms with Crippen LogP contribution in [0.25, 0.3) is 11.0 Å². The quantitative estimate of drug-likeness (QED) is 0.740. The number of hydrogen-bond acceptors (Lipinski definition) is 3. The zero-order valence-corrected chi connectivity index (χ0v) is 9.11. The summed E-state index contributed by atoms with van der Waals surface area (Å²) in [5, 5.41) is 11.0. The minimum atomic E-state index is 0.649. The zero-order valence-electron chi connectivity index (χ0n) is 9.11. The Bertz CT molecular complexity index is 658. The maximum absolute atomic E-state index is 8.92. The van der Waals surface area contributed by atoms with Gasteiger partial charge in [-0.15, -0.1) is 0 Å². The highest BCUT2D eigenvalue weighted by molar-refractivity contribution is 5.77. The number of aromatic nitrogens is 2. The highest BCUT2D eigenvalue weighted by Gasteiger charge is 2.08. The van der Waals surface area contributed by atoms with Crippen LogP contribution in [0.2, 0.25) is 0 Å². The summed E-state index contributed by atoms with van der Waals surface area (Å²) < 4.78 is 1.95. The van der Waals surface area contributed by atoms with Crippen molar-refractivity contribution in [2.24, 2.45) is 0 Å². The lowest BCUT2D eigenvalue weighted by atomic mass is 10.2. The van der Waals surface area contributed by atoms with Gasteiger partial charge < -0.3 is 0 Å². The fraction of sp³-hybridized carbons (Fsp3) is 0.0769. The van der Waals surface area contributed by atoms with Crippen LogP contribution >= 0.6 is 0 Å². The second kappa shape index (κ2) is 3.80. The molecule has 1 aromatic carbocycles. The Hall–Kier alpha value is -2.54. The van der Waals surface area contributed by atoms with E-state index in [0.717, 1.165) is 17.6 Å². The van der Waals surface area contributed by atoms with Crippen LogP contribution in [0, 0.1) is 11.3 Å². The fourth-order valence-corrected chi connectivity index (χ4v) is 1.89. The molecule has 1 aliphatic rings. The van der Waals surface area contributed by atoms with Gasteiger partial charge in [0.05, 0.1) is 29.2 Å². The first kappa shape index (κ1) is 9.67. The van der Waals surface area contributed by atoms with Crippen molar-refractivity contribution >= 4 is 11.0 Å². The van der Waals surface area contributed by atoms with Gasteiger partial charge in [-0.1, -0.05) is 12.2 Å². The summed E-state index contributed by atoms with van der Waals surface area (Å²) in [7, 11) is 0. The van der Waals surface area contributed by atoms with E-state index in [2.05, 4.69) is 17.1 Å². The van der Waals surface area contributed by atoms with Gasteiger partial charge in [0.25, 0.3) is 0 Å². The molecule has 0 bridgehead atoms. The van der Waals surface area contributed by atoms with Crippen LogP contribution in [0.4, 0.5) is 0 Å². The van der Waals surface area contributed by atoms with Gasteiger partial charge in [-0.3, -0.25) is 5.01 Å². The zero-order chi connectivity index (χ0) is 11.7. The Labute approximate surface area is 98.7 Å². The first-order chi connectivity index (χ1) is 8.38. The number of benzene rings is 1. The summed E-state index contributed by atoms with van der Waals surface area (Å²) >= 11 is 0. The summed E-state index contributed by atoms with van der Waals surface area (Å²) in [6.07, 6.45) is 9.81. The summed E-state index contributed by atoms with van der Waals surface area (Å²) in [6, 6.07) is 7.66. The average Bonchev–Trinajstić information content (AvgIpc) is 2.82. The normalized spacial score (nSPS) is 14.2. The summed E-state index contributed by atoms with van der Waals surface area (Å²) in [5.41, 5.74) is 2.49. The minimum absolute atomic E-state index is 0.649. The van der Waals surface area contributed by atoms with Crippen LogP contribution in [0.15, 0.2) is 49.0 Å². The van der Waals surface area contributed by atoms with Gasteiger partial charge in [0.2, 0.25) is 0 Å². The van der Waals surface area contributed by atoms with Gasteiger partial charge in [-0.25, -0.2) is 9.66 Å². The summed E-state index contributed by atoms with van der Waals surface area (Å²) in [5.74, 6) is 0. The number of hydrogen-bond donors (Lipinski definition) is 0. The predicted molar refractivity (Wildman–Crippen MR) is 65.8 cm³/mol. The van der Waals surface area contributed by atoms with E-state index in [9.17, 15) is 0 Å². The predicted octanol–water partition coefficient (Wildman–Crippen LogP) is 1.93. The Morgan fingerprint density at radius 2 is 2.24 bits per heavy atom. The van der Waals surface area contributed by atoms with Gasteiger partial charge in [0.1, 0.15) is 6.33 Å². The number of fused-ring (bicyclic) bond motifs is 1. The van der Waals surface area contributed by atoms with Gasteiger partial charge in [-0.05, 0) is 24.3 Å². The third-order valence-electron chi connectivity index (χ3n) is 2.73. The molecule has 0 unspecified atom stereocenters. The molecule has 0 spiro atoms. The van der Waals surface area contributed by atoms with Crippen LogP contribution in [0.1, 0.15) is 5.56 Å². The first-order valence-electron chi connectivity index (χ1n) is 5.36. The van der Waals surface area contributed by atoms with E-state index in [1.54, 1.807) is 12.4 Å². The standard InChI is InChI=1S/C13H10N4/c14-9-11-4-5-12-13(8-11)17(10-15-12)16-6-2-1-3-7-16/h1-6,8,10H,7H2. The van der Waals surface area contributed by atoms with Crippen molar-refractivity contribution in [2.45, 2.75) is 0 Å². The number of rotatable bonds is 1. The molecule has 0 saturated heterocycles. The first-order valence-corrected chi connectivity index (χ1v) is 5.36. The molecule has 0 N–H and O–H groups in total. The minimum Gasteiger partial charge on any atom is -0.283 e. The van der Waals surface area contributed by atoms with Crippen molar-refractivity contribution in [3.05, 3.63) is 54.5 Å². The lowest BCUT2D eigenvalue weighted by Crippen LogP contribution is -2.29. The van der Waals surface area contributed by atoms with Crippen molar-refractivity contribution in [3.8, 4) is 6.07 Å². The maximum Gasteiger partial charge on any atom is 0.116 e. The molecule has 3 rings (SSSR count). The highest BCUT2D eigenvalue weighted by Crippen LogP contribution is 2.15. The lowest BCUT2D eigenvalue weighted by Gasteiger charge is -2.22. The highest BCUT2D eigenvalue weighted by atomic mass is 15.5. The molecule has 0 radical (unpaired) electrons. The lowest BCUT2D eigenvalue weighted by molar-refractivity contribution is 0.744. The number of imidazole rings is 1. The van der Waals surface area contributed by atoms with E-state index in [-0.39, 0.29) is 0 Å². The largest absolute Gasteiger partial charge is 0.283 e. The van der Waals surface area contributed by atoms with Crippen LogP contribution in [-0.4, -0.2) is 16.2 Å². The molecule has 17 heavy (non-hydrogen) atoms. The van der Waals surface area contributed by atoms with Crippen molar-refractivity contribution in [1.29, 1.82) is 5.26 Å². The van der Waals surface area contributed by atoms with E-state index in [0.29, 0.717) is 5.56 Å². The molecule has 4 nitrogen and oxygen atoms in total. The van der Waals surface area contributed by atoms with Crippen LogP contribution in [-0.2, 0) is 0 Å². The molecule has 2 heterocycles. The maximum atomic E-state index is 8.92. The molecule has 0 atom stereocenters. The molecule has 4 heteroatoms. The molecule has 0 fully saturated rings. The smallest absolute Gasteiger partial charge is 0.116 e. The molecule has 1 aromatic heterocycles. The molecule has 0 aliphatic carbocycles. The van der Waals surface area contributed by atoms with E-state index in [1.165, 1.54) is 0 Å². The monoisotopic (exact) mass is 222 g/mol. The SMILES string of the molecule is N#Cc1ccc2ncn(N3C=CC=CC3)c2c1. The molecule has 0 saturated carbocycles. The topological polar surface area (TPSA) is 44.9 Å². The van der Waals surface area contributed by atoms with Crippen LogP contribution in [0.5, 0.6) is 0 Å². The fourth-order valence-electron chi connectivity index (χ4n) is 1.89. The second-order valence-corrected chi connectivity index (χ2v) is 3.80. The van der Waals surface area contributed by atoms with Crippen molar-refractivity contribution in [3.63, 3.8) is 0 Å². The van der Waals surface area contributed by atoms with Crippen LogP contribution in [0.3, 0.4) is 0 Å². The van der Waals surface area contributed by atoms with Gasteiger partial charge in [-0.2, -0.15) is 5.26 Å². The van der Waals surface area contributed by atoms with Crippen molar-refractivity contribution in [2.75, 3.05) is 11.6 Å². The molecular formula is C13H10N4. The number of allylic oxidation sites excluding steroid dienone is 2. The van der Waals surface area contributed by atoms with E-state index in [4.69, 9.17) is 5.26 Å². The molecule has 1 aliphatic heterocycles. The second-order valence-electron chi connectivity index (χ2n) is 3.80.